The minimum absolute atomic E-state index is 0.0279. The normalized spacial score (nSPS) is 15.1. The van der Waals surface area contributed by atoms with Crippen LogP contribution in [0.1, 0.15) is 86.2 Å². The lowest BCUT2D eigenvalue weighted by molar-refractivity contribution is -0.146. The predicted molar refractivity (Wildman–Crippen MR) is 284 cm³/mol. The standard InChI is InChI=1S/C51H60N14O12S/c1-6-64-36(17-28(3)58-64)46(70)56-50-54-34-19-30(26-66)20-39(77-16-10-15-76-32-24-60(25-32)41(67)11-14-61-42(68)23-40(48(61)72)78-27-33(52)49(73)74)44(34)63(50)13-9-8-12-62-43-35(21-31(45(53)69)22-38(43)75-5)55-51(62)57-47(71)37-18-29(4)59-65(37)7-2/h8-9,17-22,26,32-33,40H,6-7,10-16,23-25,27,52H2,1-5H3,(H2,53,69)(H,73,74)(H,54,56,70)(H,55,57,71)/b9-8+. The van der Waals surface area contributed by atoms with E-state index >= 15 is 0 Å². The van der Waals surface area contributed by atoms with Crippen LogP contribution in [-0.4, -0.2) is 164 Å². The number of hydrogen-bond donors (Lipinski definition) is 5. The summed E-state index contributed by atoms with van der Waals surface area (Å²) in [6.45, 7) is 9.36. The zero-order valence-electron chi connectivity index (χ0n) is 43.6. The molecule has 412 valence electrons. The van der Waals surface area contributed by atoms with Gasteiger partial charge in [0.15, 0.2) is 0 Å². The monoisotopic (exact) mass is 1090 g/mol. The number of nitrogens with zero attached hydrogens (tertiary/aromatic N) is 10. The molecule has 7 N–H and O–H groups in total. The lowest BCUT2D eigenvalue weighted by Crippen LogP contribution is -2.55. The molecule has 2 unspecified atom stereocenters. The number of fused-ring (bicyclic) bond motifs is 2. The van der Waals surface area contributed by atoms with Crippen molar-refractivity contribution in [3.8, 4) is 11.5 Å². The highest BCUT2D eigenvalue weighted by molar-refractivity contribution is 8.00. The number of aromatic nitrogens is 8. The van der Waals surface area contributed by atoms with E-state index in [4.69, 9.17) is 40.8 Å². The van der Waals surface area contributed by atoms with Crippen LogP contribution in [0.4, 0.5) is 11.9 Å². The number of nitrogens with one attached hydrogen (secondary N) is 2. The van der Waals surface area contributed by atoms with Crippen molar-refractivity contribution in [2.24, 2.45) is 11.5 Å². The molecule has 2 fully saturated rings. The molecule has 6 amide bonds. The number of allylic oxidation sites excluding steroid dienone is 2. The van der Waals surface area contributed by atoms with Crippen LogP contribution in [-0.2, 0) is 50.1 Å². The number of amides is 6. The summed E-state index contributed by atoms with van der Waals surface area (Å²) in [6, 6.07) is 8.34. The van der Waals surface area contributed by atoms with Gasteiger partial charge in [-0.2, -0.15) is 10.2 Å². The Morgan fingerprint density at radius 1 is 0.846 bits per heavy atom. The zero-order valence-corrected chi connectivity index (χ0v) is 44.4. The number of hydrogen-bond acceptors (Lipinski definition) is 17. The first-order valence-corrected chi connectivity index (χ1v) is 26.2. The largest absolute Gasteiger partial charge is 0.494 e. The van der Waals surface area contributed by atoms with Gasteiger partial charge in [0, 0.05) is 82.0 Å². The number of carbonyl (C=O) groups excluding carboxylic acids is 7. The zero-order chi connectivity index (χ0) is 55.9. The van der Waals surface area contributed by atoms with Crippen LogP contribution in [0.25, 0.3) is 22.1 Å². The number of carboxylic acid groups (broad SMARTS) is 1. The highest BCUT2D eigenvalue weighted by Crippen LogP contribution is 2.33. The number of aryl methyl sites for hydroxylation is 4. The SMILES string of the molecule is CCn1nc(C)cc1C(=O)Nc1nc2cc(C(N)=O)cc(OC)c2n1C/C=C/Cn1c(NC(=O)c2cc(C)nn2CC)nc2cc(C=O)cc(OCCCOC3CN(C(=O)CCN4C(=O)CC(SCC(N)C(=O)O)C4=O)C3)c21. The number of likely N-dealkylation sites (tertiary alicyclic amines) is 2. The Kier molecular flexibility index (Phi) is 17.4. The molecular weight excluding hydrogens is 1030 g/mol. The lowest BCUT2D eigenvalue weighted by atomic mass is 10.1. The average Bonchev–Trinajstić information content (AvgIpc) is 4.34. The number of carbonyl (C=O) groups is 8. The van der Waals surface area contributed by atoms with Gasteiger partial charge in [-0.25, -0.2) is 9.97 Å². The molecule has 2 atom stereocenters. The molecule has 27 heteroatoms. The Labute approximate surface area is 450 Å². The predicted octanol–water partition coefficient (Wildman–Crippen LogP) is 2.78. The first-order chi connectivity index (χ1) is 37.4. The molecule has 6 heterocycles. The van der Waals surface area contributed by atoms with Gasteiger partial charge in [0.25, 0.3) is 11.8 Å². The van der Waals surface area contributed by atoms with Crippen LogP contribution >= 0.6 is 11.8 Å². The number of methoxy groups -OCH3 is 1. The number of imide groups is 1. The second-order valence-electron chi connectivity index (χ2n) is 18.5. The number of primary amides is 1. The van der Waals surface area contributed by atoms with Crippen LogP contribution in [0.15, 0.2) is 48.6 Å². The summed E-state index contributed by atoms with van der Waals surface area (Å²) in [4.78, 5) is 114. The molecule has 78 heavy (non-hydrogen) atoms. The Bertz CT molecular complexity index is 3350. The molecular formula is C51H60N14O12S. The highest BCUT2D eigenvalue weighted by atomic mass is 32.2. The summed E-state index contributed by atoms with van der Waals surface area (Å²) >= 11 is 1.02. The number of anilines is 2. The minimum atomic E-state index is -1.20. The summed E-state index contributed by atoms with van der Waals surface area (Å²) in [7, 11) is 1.44. The maximum Gasteiger partial charge on any atom is 0.321 e. The van der Waals surface area contributed by atoms with Crippen LogP contribution in [0.3, 0.4) is 0 Å². The number of imidazole rings is 2. The molecule has 2 aromatic carbocycles. The van der Waals surface area contributed by atoms with E-state index in [1.165, 1.54) is 19.2 Å². The maximum absolute atomic E-state index is 13.9. The van der Waals surface area contributed by atoms with Gasteiger partial charge in [0.2, 0.25) is 35.5 Å². The van der Waals surface area contributed by atoms with Crippen molar-refractivity contribution in [3.05, 3.63) is 82.5 Å². The fraction of sp³-hybridized carbons (Fsp3) is 0.412. The van der Waals surface area contributed by atoms with Crippen molar-refractivity contribution in [2.45, 2.75) is 90.5 Å². The van der Waals surface area contributed by atoms with Crippen molar-refractivity contribution in [1.29, 1.82) is 0 Å². The second-order valence-corrected chi connectivity index (χ2v) is 19.7. The van der Waals surface area contributed by atoms with Gasteiger partial charge in [0.1, 0.15) is 46.2 Å². The van der Waals surface area contributed by atoms with Gasteiger partial charge in [-0.15, -0.1) is 11.8 Å². The Morgan fingerprint density at radius 3 is 1.99 bits per heavy atom. The third-order valence-electron chi connectivity index (χ3n) is 13.0. The second kappa shape index (κ2) is 24.3. The molecule has 0 spiro atoms. The van der Waals surface area contributed by atoms with Crippen LogP contribution in [0.2, 0.25) is 0 Å². The van der Waals surface area contributed by atoms with E-state index in [0.717, 1.165) is 16.7 Å². The first kappa shape index (κ1) is 55.8. The van der Waals surface area contributed by atoms with Crippen molar-refractivity contribution in [3.63, 3.8) is 0 Å². The number of aldehydes is 1. The van der Waals surface area contributed by atoms with Crippen molar-refractivity contribution in [1.82, 2.24) is 48.5 Å². The number of thioether (sulfide) groups is 1. The Morgan fingerprint density at radius 2 is 1.44 bits per heavy atom. The molecule has 6 aromatic rings. The van der Waals surface area contributed by atoms with Crippen molar-refractivity contribution < 1.29 is 57.7 Å². The Balaban J connectivity index is 0.963. The van der Waals surface area contributed by atoms with Crippen molar-refractivity contribution in [2.75, 3.05) is 56.3 Å². The average molecular weight is 1090 g/mol. The molecule has 2 aliphatic rings. The highest BCUT2D eigenvalue weighted by Gasteiger charge is 2.40. The molecule has 2 saturated heterocycles. The fourth-order valence-corrected chi connectivity index (χ4v) is 10.2. The topological polar surface area (TPSA) is 338 Å². The van der Waals surface area contributed by atoms with E-state index in [1.807, 2.05) is 26.0 Å². The van der Waals surface area contributed by atoms with Crippen LogP contribution < -0.4 is 31.6 Å². The van der Waals surface area contributed by atoms with E-state index < -0.39 is 46.8 Å². The van der Waals surface area contributed by atoms with Crippen molar-refractivity contribution >= 4 is 93.4 Å². The summed E-state index contributed by atoms with van der Waals surface area (Å²) in [5.41, 5.74) is 15.2. The number of carboxylic acids is 1. The number of nitrogens with two attached hydrogens (primary N) is 2. The maximum atomic E-state index is 13.9. The van der Waals surface area contributed by atoms with Gasteiger partial charge in [-0.3, -0.25) is 63.3 Å². The molecule has 0 radical (unpaired) electrons. The summed E-state index contributed by atoms with van der Waals surface area (Å²) < 4.78 is 24.7. The van der Waals surface area contributed by atoms with Crippen LogP contribution in [0, 0.1) is 13.8 Å². The molecule has 0 aliphatic carbocycles. The number of rotatable bonds is 26. The van der Waals surface area contributed by atoms with Gasteiger partial charge in [0.05, 0.1) is 54.1 Å². The minimum Gasteiger partial charge on any atom is -0.494 e. The van der Waals surface area contributed by atoms with E-state index in [-0.39, 0.29) is 92.2 Å². The lowest BCUT2D eigenvalue weighted by Gasteiger charge is -2.39. The number of ether oxygens (including phenoxy) is 3. The molecule has 8 rings (SSSR count). The van der Waals surface area contributed by atoms with Gasteiger partial charge in [-0.05, 0) is 64.1 Å². The van der Waals surface area contributed by atoms with Gasteiger partial charge >= 0.3 is 5.97 Å². The number of benzene rings is 2. The fourth-order valence-electron chi connectivity index (χ4n) is 9.05. The van der Waals surface area contributed by atoms with E-state index in [2.05, 4.69) is 20.8 Å². The smallest absolute Gasteiger partial charge is 0.321 e. The Hall–Kier alpha value is -8.43. The van der Waals surface area contributed by atoms with Gasteiger partial charge in [-0.1, -0.05) is 12.2 Å². The van der Waals surface area contributed by atoms with E-state index in [1.54, 1.807) is 61.5 Å². The third-order valence-corrected chi connectivity index (χ3v) is 14.3. The quantitative estimate of drug-likeness (QED) is 0.0226. The third kappa shape index (κ3) is 12.2. The first-order valence-electron chi connectivity index (χ1n) is 25.1. The summed E-state index contributed by atoms with van der Waals surface area (Å²) in [5, 5.41) is 22.9. The molecule has 2 aliphatic heterocycles. The summed E-state index contributed by atoms with van der Waals surface area (Å²) in [5.74, 6) is -3.12. The summed E-state index contributed by atoms with van der Waals surface area (Å²) in [6.07, 6.45) is 4.30. The molecule has 0 saturated carbocycles. The van der Waals surface area contributed by atoms with E-state index in [0.29, 0.717) is 89.5 Å². The number of aliphatic carboxylic acids is 1. The van der Waals surface area contributed by atoms with E-state index in [9.17, 15) is 38.4 Å². The molecule has 0 bridgehead atoms. The van der Waals surface area contributed by atoms with Crippen LogP contribution in [0.5, 0.6) is 11.5 Å². The van der Waals surface area contributed by atoms with Gasteiger partial charge < -0.3 is 44.8 Å². The molecule has 26 nitrogen and oxygen atoms in total. The molecule has 4 aromatic heterocycles.